The Morgan fingerprint density at radius 3 is 2.71 bits per heavy atom. The molecular formula is C22H31N3O3. The van der Waals surface area contributed by atoms with Crippen LogP contribution in [0.2, 0.25) is 0 Å². The van der Waals surface area contributed by atoms with Crippen molar-refractivity contribution >= 4 is 5.96 Å². The molecular weight excluding hydrogens is 354 g/mol. The summed E-state index contributed by atoms with van der Waals surface area (Å²) in [6.07, 6.45) is 5.22. The fourth-order valence-corrected chi connectivity index (χ4v) is 2.82. The Morgan fingerprint density at radius 2 is 2.04 bits per heavy atom. The molecule has 0 saturated heterocycles. The van der Waals surface area contributed by atoms with E-state index in [2.05, 4.69) is 30.2 Å². The number of benzene rings is 1. The first-order valence-electron chi connectivity index (χ1n) is 9.52. The van der Waals surface area contributed by atoms with Crippen LogP contribution >= 0.6 is 0 Å². The van der Waals surface area contributed by atoms with Crippen molar-refractivity contribution in [1.29, 1.82) is 0 Å². The highest BCUT2D eigenvalue weighted by atomic mass is 16.5. The van der Waals surface area contributed by atoms with Crippen LogP contribution in [-0.2, 0) is 12.8 Å². The molecule has 1 aromatic carbocycles. The lowest BCUT2D eigenvalue weighted by atomic mass is 10.0. The monoisotopic (exact) mass is 385 g/mol. The van der Waals surface area contributed by atoms with E-state index in [-0.39, 0.29) is 0 Å². The summed E-state index contributed by atoms with van der Waals surface area (Å²) in [5, 5.41) is 6.60. The molecule has 0 saturated carbocycles. The van der Waals surface area contributed by atoms with Crippen LogP contribution in [0.3, 0.4) is 0 Å². The molecule has 1 unspecified atom stereocenters. The van der Waals surface area contributed by atoms with Crippen LogP contribution in [-0.4, -0.2) is 39.8 Å². The minimum atomic E-state index is 0.380. The number of furan rings is 1. The number of aliphatic imine (C=N–C) groups is 1. The Balaban J connectivity index is 1.89. The van der Waals surface area contributed by atoms with Crippen molar-refractivity contribution in [3.05, 3.63) is 60.6 Å². The summed E-state index contributed by atoms with van der Waals surface area (Å²) in [5.41, 5.74) is 1.20. The molecule has 2 rings (SSSR count). The van der Waals surface area contributed by atoms with Gasteiger partial charge in [-0.25, -0.2) is 0 Å². The van der Waals surface area contributed by atoms with Crippen molar-refractivity contribution in [2.24, 2.45) is 10.9 Å². The zero-order valence-electron chi connectivity index (χ0n) is 17.0. The van der Waals surface area contributed by atoms with Gasteiger partial charge in [0, 0.05) is 26.1 Å². The maximum Gasteiger partial charge on any atom is 0.191 e. The van der Waals surface area contributed by atoms with E-state index in [4.69, 9.17) is 18.9 Å². The molecule has 2 aromatic rings. The minimum Gasteiger partial charge on any atom is -0.493 e. The maximum atomic E-state index is 5.39. The zero-order chi connectivity index (χ0) is 20.2. The Labute approximate surface area is 167 Å². The van der Waals surface area contributed by atoms with E-state index in [1.165, 1.54) is 5.56 Å². The lowest BCUT2D eigenvalue weighted by Gasteiger charge is -2.14. The predicted octanol–water partition coefficient (Wildman–Crippen LogP) is 3.44. The maximum absolute atomic E-state index is 5.39. The normalized spacial score (nSPS) is 12.3. The Kier molecular flexibility index (Phi) is 8.98. The van der Waals surface area contributed by atoms with Crippen LogP contribution in [0.1, 0.15) is 18.2 Å². The van der Waals surface area contributed by atoms with Gasteiger partial charge in [-0.1, -0.05) is 19.1 Å². The first kappa shape index (κ1) is 21.4. The van der Waals surface area contributed by atoms with E-state index < -0.39 is 0 Å². The van der Waals surface area contributed by atoms with Gasteiger partial charge in [-0.15, -0.1) is 6.58 Å². The van der Waals surface area contributed by atoms with Gasteiger partial charge in [0.15, 0.2) is 17.5 Å². The molecule has 152 valence electrons. The van der Waals surface area contributed by atoms with Crippen LogP contribution in [0.15, 0.2) is 58.7 Å². The van der Waals surface area contributed by atoms with E-state index >= 15 is 0 Å². The first-order chi connectivity index (χ1) is 13.7. The van der Waals surface area contributed by atoms with Crippen molar-refractivity contribution in [3.8, 4) is 11.5 Å². The molecule has 0 amide bonds. The topological polar surface area (TPSA) is 68.0 Å². The van der Waals surface area contributed by atoms with Crippen LogP contribution < -0.4 is 20.1 Å². The van der Waals surface area contributed by atoms with E-state index in [1.54, 1.807) is 20.5 Å². The Hall–Kier alpha value is -2.89. The molecule has 6 nitrogen and oxygen atoms in total. The van der Waals surface area contributed by atoms with E-state index in [9.17, 15) is 0 Å². The van der Waals surface area contributed by atoms with E-state index in [1.807, 2.05) is 30.3 Å². The molecule has 0 aliphatic carbocycles. The minimum absolute atomic E-state index is 0.380. The molecule has 0 bridgehead atoms. The SMILES string of the molecule is C=CCNC(=NCC(C)Cc1ccc(OC)c(OC)c1)NCCc1ccco1. The number of guanidine groups is 1. The molecule has 0 aliphatic rings. The number of rotatable bonds is 11. The second-order valence-corrected chi connectivity index (χ2v) is 6.61. The summed E-state index contributed by atoms with van der Waals surface area (Å²) in [6.45, 7) is 8.07. The van der Waals surface area contributed by atoms with Gasteiger partial charge in [-0.05, 0) is 42.2 Å². The lowest BCUT2D eigenvalue weighted by Crippen LogP contribution is -2.38. The molecule has 0 fully saturated rings. The third-order valence-electron chi connectivity index (χ3n) is 4.25. The van der Waals surface area contributed by atoms with E-state index in [0.29, 0.717) is 19.0 Å². The highest BCUT2D eigenvalue weighted by Gasteiger charge is 2.09. The lowest BCUT2D eigenvalue weighted by molar-refractivity contribution is 0.354. The van der Waals surface area contributed by atoms with Gasteiger partial charge in [-0.3, -0.25) is 4.99 Å². The molecule has 6 heteroatoms. The average Bonchev–Trinajstić information content (AvgIpc) is 3.23. The number of hydrogen-bond donors (Lipinski definition) is 2. The summed E-state index contributed by atoms with van der Waals surface area (Å²) in [5.74, 6) is 3.62. The third kappa shape index (κ3) is 7.02. The second-order valence-electron chi connectivity index (χ2n) is 6.61. The van der Waals surface area contributed by atoms with Crippen molar-refractivity contribution in [3.63, 3.8) is 0 Å². The van der Waals surface area contributed by atoms with Crippen molar-refractivity contribution < 1.29 is 13.9 Å². The molecule has 0 radical (unpaired) electrons. The second kappa shape index (κ2) is 11.7. The summed E-state index contributed by atoms with van der Waals surface area (Å²) in [4.78, 5) is 4.71. The van der Waals surface area contributed by atoms with Crippen LogP contribution in [0.4, 0.5) is 0 Å². The number of nitrogens with zero attached hydrogens (tertiary/aromatic N) is 1. The highest BCUT2D eigenvalue weighted by molar-refractivity contribution is 5.79. The molecule has 1 heterocycles. The fraction of sp³-hybridized carbons (Fsp3) is 0.409. The average molecular weight is 386 g/mol. The van der Waals surface area contributed by atoms with Crippen molar-refractivity contribution in [2.75, 3.05) is 33.9 Å². The summed E-state index contributed by atoms with van der Waals surface area (Å²) in [6, 6.07) is 9.91. The molecule has 1 aromatic heterocycles. The smallest absolute Gasteiger partial charge is 0.191 e. The third-order valence-corrected chi connectivity index (χ3v) is 4.25. The quantitative estimate of drug-likeness (QED) is 0.352. The van der Waals surface area contributed by atoms with Gasteiger partial charge in [0.05, 0.1) is 20.5 Å². The van der Waals surface area contributed by atoms with Gasteiger partial charge in [-0.2, -0.15) is 0 Å². The number of hydrogen-bond acceptors (Lipinski definition) is 4. The molecule has 1 atom stereocenters. The first-order valence-corrected chi connectivity index (χ1v) is 9.52. The Morgan fingerprint density at radius 1 is 1.21 bits per heavy atom. The predicted molar refractivity (Wildman–Crippen MR) is 113 cm³/mol. The standard InChI is InChI=1S/C22H31N3O3/c1-5-11-23-22(24-12-10-19-7-6-13-28-19)25-16-17(2)14-18-8-9-20(26-3)21(15-18)27-4/h5-9,13,15,17H,1,10-12,14,16H2,2-4H3,(H2,23,24,25). The van der Waals surface area contributed by atoms with Gasteiger partial charge in [0.2, 0.25) is 0 Å². The summed E-state index contributed by atoms with van der Waals surface area (Å²) >= 11 is 0. The van der Waals surface area contributed by atoms with Gasteiger partial charge >= 0.3 is 0 Å². The number of ether oxygens (including phenoxy) is 2. The summed E-state index contributed by atoms with van der Waals surface area (Å²) < 4.78 is 16.0. The highest BCUT2D eigenvalue weighted by Crippen LogP contribution is 2.28. The van der Waals surface area contributed by atoms with E-state index in [0.717, 1.165) is 42.6 Å². The molecule has 28 heavy (non-hydrogen) atoms. The molecule has 0 spiro atoms. The van der Waals surface area contributed by atoms with Crippen LogP contribution in [0.5, 0.6) is 11.5 Å². The summed E-state index contributed by atoms with van der Waals surface area (Å²) in [7, 11) is 3.30. The molecule has 0 aliphatic heterocycles. The van der Waals surface area contributed by atoms with Crippen molar-refractivity contribution in [1.82, 2.24) is 10.6 Å². The fourth-order valence-electron chi connectivity index (χ4n) is 2.82. The Bertz CT molecular complexity index is 741. The van der Waals surface area contributed by atoms with Crippen LogP contribution in [0, 0.1) is 5.92 Å². The largest absolute Gasteiger partial charge is 0.493 e. The van der Waals surface area contributed by atoms with Gasteiger partial charge < -0.3 is 24.5 Å². The molecule has 2 N–H and O–H groups in total. The van der Waals surface area contributed by atoms with Gasteiger partial charge in [0.25, 0.3) is 0 Å². The zero-order valence-corrected chi connectivity index (χ0v) is 17.0. The van der Waals surface area contributed by atoms with Crippen molar-refractivity contribution in [2.45, 2.75) is 19.8 Å². The number of methoxy groups -OCH3 is 2. The van der Waals surface area contributed by atoms with Crippen LogP contribution in [0.25, 0.3) is 0 Å². The van der Waals surface area contributed by atoms with Gasteiger partial charge in [0.1, 0.15) is 5.76 Å². The number of nitrogens with one attached hydrogen (secondary N) is 2.